The second kappa shape index (κ2) is 8.29. The van der Waals surface area contributed by atoms with Crippen LogP contribution < -0.4 is 5.32 Å². The van der Waals surface area contributed by atoms with Gasteiger partial charge in [0.2, 0.25) is 0 Å². The first-order valence-electron chi connectivity index (χ1n) is 6.65. The third kappa shape index (κ3) is 5.67. The summed E-state index contributed by atoms with van der Waals surface area (Å²) < 4.78 is 10.5. The molecule has 0 radical (unpaired) electrons. The molecule has 1 heterocycles. The van der Waals surface area contributed by atoms with E-state index in [4.69, 9.17) is 9.15 Å². The summed E-state index contributed by atoms with van der Waals surface area (Å²) in [7, 11) is 0. The Balaban J connectivity index is 2.08. The first-order chi connectivity index (χ1) is 8.63. The van der Waals surface area contributed by atoms with Crippen LogP contribution in [0.5, 0.6) is 0 Å². The maximum absolute atomic E-state index is 9.76. The summed E-state index contributed by atoms with van der Waals surface area (Å²) in [6, 6.07) is 4.09. The highest BCUT2D eigenvalue weighted by Gasteiger charge is 2.12. The number of ether oxygens (including phenoxy) is 1. The molecular weight excluding hydrogens is 230 g/mol. The number of furan rings is 1. The van der Waals surface area contributed by atoms with Gasteiger partial charge in [-0.05, 0) is 25.0 Å². The minimum absolute atomic E-state index is 0.320. The molecule has 1 aromatic rings. The lowest BCUT2D eigenvalue weighted by Gasteiger charge is -2.21. The molecular formula is C14H25NO3. The third-order valence-electron chi connectivity index (χ3n) is 3.31. The van der Waals surface area contributed by atoms with Crippen molar-refractivity contribution in [1.82, 2.24) is 5.32 Å². The summed E-state index contributed by atoms with van der Waals surface area (Å²) in [5, 5.41) is 13.1. The maximum atomic E-state index is 9.76. The van der Waals surface area contributed by atoms with Crippen LogP contribution in [0.15, 0.2) is 22.8 Å². The van der Waals surface area contributed by atoms with Crippen molar-refractivity contribution >= 4 is 0 Å². The fourth-order valence-corrected chi connectivity index (χ4v) is 1.63. The minimum atomic E-state index is -0.480. The fraction of sp³-hybridized carbons (Fsp3) is 0.714. The van der Waals surface area contributed by atoms with Crippen LogP contribution in [0.4, 0.5) is 0 Å². The Labute approximate surface area is 109 Å². The van der Waals surface area contributed by atoms with Crippen molar-refractivity contribution in [2.75, 3.05) is 13.2 Å². The minimum Gasteiger partial charge on any atom is -0.467 e. The molecule has 0 saturated heterocycles. The molecule has 0 fully saturated rings. The number of hydrogen-bond donors (Lipinski definition) is 2. The van der Waals surface area contributed by atoms with Gasteiger partial charge >= 0.3 is 0 Å². The fourth-order valence-electron chi connectivity index (χ4n) is 1.63. The molecule has 1 rings (SSSR count). The molecule has 18 heavy (non-hydrogen) atoms. The number of aliphatic hydroxyl groups is 1. The molecule has 3 atom stereocenters. The average Bonchev–Trinajstić information content (AvgIpc) is 2.88. The molecule has 0 aliphatic carbocycles. The van der Waals surface area contributed by atoms with Crippen LogP contribution >= 0.6 is 0 Å². The highest BCUT2D eigenvalue weighted by atomic mass is 16.5. The lowest BCUT2D eigenvalue weighted by molar-refractivity contribution is 0.0210. The van der Waals surface area contributed by atoms with Crippen LogP contribution in [-0.2, 0) is 11.3 Å². The Morgan fingerprint density at radius 3 is 2.83 bits per heavy atom. The molecule has 1 aromatic heterocycles. The average molecular weight is 255 g/mol. The summed E-state index contributed by atoms with van der Waals surface area (Å²) in [6.45, 7) is 7.81. The second-order valence-electron chi connectivity index (χ2n) is 4.83. The number of rotatable bonds is 9. The predicted octanol–water partition coefficient (Wildman–Crippen LogP) is 2.18. The smallest absolute Gasteiger partial charge is 0.129 e. The van der Waals surface area contributed by atoms with Crippen molar-refractivity contribution in [1.29, 1.82) is 0 Å². The Morgan fingerprint density at radius 2 is 2.22 bits per heavy atom. The summed E-state index contributed by atoms with van der Waals surface area (Å²) >= 11 is 0. The van der Waals surface area contributed by atoms with E-state index >= 15 is 0 Å². The van der Waals surface area contributed by atoms with Gasteiger partial charge in [-0.2, -0.15) is 0 Å². The van der Waals surface area contributed by atoms with Crippen molar-refractivity contribution in [2.45, 2.75) is 45.9 Å². The normalized spacial score (nSPS) is 16.4. The van der Waals surface area contributed by atoms with Gasteiger partial charge in [-0.1, -0.05) is 20.3 Å². The van der Waals surface area contributed by atoms with Crippen molar-refractivity contribution < 1.29 is 14.3 Å². The zero-order valence-electron chi connectivity index (χ0n) is 11.6. The van der Waals surface area contributed by atoms with Gasteiger partial charge in [-0.25, -0.2) is 0 Å². The van der Waals surface area contributed by atoms with E-state index in [1.165, 1.54) is 0 Å². The quantitative estimate of drug-likeness (QED) is 0.710. The van der Waals surface area contributed by atoms with E-state index in [0.717, 1.165) is 12.2 Å². The van der Waals surface area contributed by atoms with Crippen molar-refractivity contribution in [3.63, 3.8) is 0 Å². The molecule has 3 unspecified atom stereocenters. The molecule has 0 saturated carbocycles. The van der Waals surface area contributed by atoms with Gasteiger partial charge in [0.05, 0.1) is 19.0 Å². The number of nitrogens with one attached hydrogen (secondary N) is 1. The van der Waals surface area contributed by atoms with E-state index < -0.39 is 6.10 Å². The van der Waals surface area contributed by atoms with Crippen LogP contribution in [0.1, 0.15) is 33.0 Å². The zero-order valence-corrected chi connectivity index (χ0v) is 11.6. The van der Waals surface area contributed by atoms with Crippen LogP contribution in [0.3, 0.4) is 0 Å². The first-order valence-corrected chi connectivity index (χ1v) is 6.65. The molecule has 0 bridgehead atoms. The third-order valence-corrected chi connectivity index (χ3v) is 3.31. The van der Waals surface area contributed by atoms with E-state index in [1.54, 1.807) is 6.26 Å². The van der Waals surface area contributed by atoms with Gasteiger partial charge in [-0.3, -0.25) is 0 Å². The van der Waals surface area contributed by atoms with Crippen LogP contribution in [0.25, 0.3) is 0 Å². The van der Waals surface area contributed by atoms with Gasteiger partial charge in [0, 0.05) is 12.6 Å². The van der Waals surface area contributed by atoms with E-state index in [2.05, 4.69) is 26.1 Å². The van der Waals surface area contributed by atoms with Gasteiger partial charge in [0.15, 0.2) is 0 Å². The number of aliphatic hydroxyl groups excluding tert-OH is 1. The standard InChI is InChI=1S/C14H25NO3/c1-4-11(2)12(3)15-8-13(16)9-17-10-14-6-5-7-18-14/h5-7,11-13,15-16H,4,8-10H2,1-3H3. The first kappa shape index (κ1) is 15.2. The molecule has 0 aliphatic rings. The molecule has 4 heteroatoms. The number of hydrogen-bond acceptors (Lipinski definition) is 4. The summed E-state index contributed by atoms with van der Waals surface area (Å²) in [6.07, 6.45) is 2.27. The van der Waals surface area contributed by atoms with Crippen LogP contribution in [0.2, 0.25) is 0 Å². The summed E-state index contributed by atoms with van der Waals surface area (Å²) in [5.74, 6) is 1.39. The molecule has 0 amide bonds. The SMILES string of the molecule is CCC(C)C(C)NCC(O)COCc1ccco1. The van der Waals surface area contributed by atoms with Crippen molar-refractivity contribution in [3.05, 3.63) is 24.2 Å². The second-order valence-corrected chi connectivity index (χ2v) is 4.83. The maximum Gasteiger partial charge on any atom is 0.129 e. The Hall–Kier alpha value is -0.840. The summed E-state index contributed by atoms with van der Waals surface area (Å²) in [5.41, 5.74) is 0. The molecule has 104 valence electrons. The van der Waals surface area contributed by atoms with Gasteiger partial charge < -0.3 is 19.6 Å². The molecule has 0 aliphatic heterocycles. The van der Waals surface area contributed by atoms with Crippen molar-refractivity contribution in [2.24, 2.45) is 5.92 Å². The summed E-state index contributed by atoms with van der Waals surface area (Å²) in [4.78, 5) is 0. The van der Waals surface area contributed by atoms with E-state index in [0.29, 0.717) is 31.7 Å². The van der Waals surface area contributed by atoms with Gasteiger partial charge in [0.1, 0.15) is 12.4 Å². The van der Waals surface area contributed by atoms with Gasteiger partial charge in [0.25, 0.3) is 0 Å². The lowest BCUT2D eigenvalue weighted by atomic mass is 10.0. The largest absolute Gasteiger partial charge is 0.467 e. The van der Waals surface area contributed by atoms with E-state index in [-0.39, 0.29) is 0 Å². The predicted molar refractivity (Wildman–Crippen MR) is 71.3 cm³/mol. The van der Waals surface area contributed by atoms with Crippen LogP contribution in [0, 0.1) is 5.92 Å². The monoisotopic (exact) mass is 255 g/mol. The van der Waals surface area contributed by atoms with Crippen LogP contribution in [-0.4, -0.2) is 30.4 Å². The molecule has 4 nitrogen and oxygen atoms in total. The topological polar surface area (TPSA) is 54.6 Å². The Bertz CT molecular complexity index is 300. The van der Waals surface area contributed by atoms with Gasteiger partial charge in [-0.15, -0.1) is 0 Å². The molecule has 2 N–H and O–H groups in total. The highest BCUT2D eigenvalue weighted by molar-refractivity contribution is 4.96. The molecule has 0 spiro atoms. The molecule has 0 aromatic carbocycles. The van der Waals surface area contributed by atoms with E-state index in [9.17, 15) is 5.11 Å². The van der Waals surface area contributed by atoms with E-state index in [1.807, 2.05) is 12.1 Å². The Kier molecular flexibility index (Phi) is 7.01. The van der Waals surface area contributed by atoms with Crippen molar-refractivity contribution in [3.8, 4) is 0 Å². The zero-order chi connectivity index (χ0) is 13.4. The highest BCUT2D eigenvalue weighted by Crippen LogP contribution is 2.06. The lowest BCUT2D eigenvalue weighted by Crippen LogP contribution is -2.39. The Morgan fingerprint density at radius 1 is 1.44 bits per heavy atom.